The van der Waals surface area contributed by atoms with Crippen molar-refractivity contribution in [1.82, 2.24) is 0 Å². The molecule has 2 heteroatoms. The van der Waals surface area contributed by atoms with Crippen molar-refractivity contribution >= 4 is 33.1 Å². The zero-order valence-electron chi connectivity index (χ0n) is 14.3. The van der Waals surface area contributed by atoms with Crippen LogP contribution in [0.15, 0.2) is 85.4 Å². The molecule has 0 bridgehead atoms. The summed E-state index contributed by atoms with van der Waals surface area (Å²) in [6, 6.07) is 25.8. The first-order valence-corrected chi connectivity index (χ1v) is 8.55. The van der Waals surface area contributed by atoms with Gasteiger partial charge in [-0.05, 0) is 44.7 Å². The second kappa shape index (κ2) is 6.49. The topological polar surface area (TPSA) is 37.3 Å². The van der Waals surface area contributed by atoms with E-state index in [4.69, 9.17) is 0 Å². The predicted molar refractivity (Wildman–Crippen MR) is 108 cm³/mol. The molecule has 0 radical (unpaired) electrons. The van der Waals surface area contributed by atoms with E-state index in [-0.39, 0.29) is 0 Å². The van der Waals surface area contributed by atoms with Crippen molar-refractivity contribution < 1.29 is 9.90 Å². The minimum absolute atomic E-state index is 0.366. The van der Waals surface area contributed by atoms with Crippen LogP contribution in [0.3, 0.4) is 0 Å². The van der Waals surface area contributed by atoms with Crippen LogP contribution in [0.4, 0.5) is 0 Å². The quantitative estimate of drug-likeness (QED) is 0.467. The third kappa shape index (κ3) is 2.76. The molecule has 0 aliphatic carbocycles. The molecular weight excluding hydrogens is 320 g/mol. The largest absolute Gasteiger partial charge is 0.478 e. The molecule has 2 nitrogen and oxygen atoms in total. The van der Waals surface area contributed by atoms with Crippen LogP contribution in [0, 0.1) is 0 Å². The summed E-state index contributed by atoms with van der Waals surface area (Å²) < 4.78 is 0. The number of fused-ring (bicyclic) bond motifs is 3. The predicted octanol–water partition coefficient (Wildman–Crippen LogP) is 5.95. The van der Waals surface area contributed by atoms with Gasteiger partial charge in [-0.15, -0.1) is 0 Å². The van der Waals surface area contributed by atoms with E-state index >= 15 is 0 Å². The van der Waals surface area contributed by atoms with Gasteiger partial charge >= 0.3 is 5.97 Å². The van der Waals surface area contributed by atoms with Gasteiger partial charge in [-0.25, -0.2) is 4.79 Å². The van der Waals surface area contributed by atoms with Gasteiger partial charge in [0.15, 0.2) is 0 Å². The second-order valence-corrected chi connectivity index (χ2v) is 6.43. The van der Waals surface area contributed by atoms with Gasteiger partial charge in [0, 0.05) is 0 Å². The van der Waals surface area contributed by atoms with Crippen LogP contribution < -0.4 is 0 Å². The molecule has 0 saturated carbocycles. The summed E-state index contributed by atoms with van der Waals surface area (Å²) >= 11 is 0. The minimum atomic E-state index is -0.901. The second-order valence-electron chi connectivity index (χ2n) is 6.43. The molecule has 26 heavy (non-hydrogen) atoms. The van der Waals surface area contributed by atoms with Gasteiger partial charge in [-0.2, -0.15) is 0 Å². The van der Waals surface area contributed by atoms with Gasteiger partial charge in [-0.1, -0.05) is 85.4 Å². The maximum Gasteiger partial charge on any atom is 0.336 e. The number of hydrogen-bond acceptors (Lipinski definition) is 1. The third-order valence-electron chi connectivity index (χ3n) is 4.81. The van der Waals surface area contributed by atoms with E-state index in [2.05, 4.69) is 6.58 Å². The van der Waals surface area contributed by atoms with Gasteiger partial charge in [0.25, 0.3) is 0 Å². The van der Waals surface area contributed by atoms with E-state index in [1.54, 1.807) is 0 Å². The monoisotopic (exact) mass is 338 g/mol. The number of hydrogen-bond donors (Lipinski definition) is 1. The maximum absolute atomic E-state index is 12.1. The van der Waals surface area contributed by atoms with Crippen molar-refractivity contribution in [3.8, 4) is 0 Å². The first-order valence-electron chi connectivity index (χ1n) is 8.55. The van der Waals surface area contributed by atoms with Gasteiger partial charge in [0.2, 0.25) is 0 Å². The van der Waals surface area contributed by atoms with Gasteiger partial charge in [0.1, 0.15) is 0 Å². The van der Waals surface area contributed by atoms with Crippen molar-refractivity contribution in [1.29, 1.82) is 0 Å². The first-order chi connectivity index (χ1) is 12.6. The van der Waals surface area contributed by atoms with Crippen LogP contribution in [0.5, 0.6) is 0 Å². The normalized spacial score (nSPS) is 10.9. The third-order valence-corrected chi connectivity index (χ3v) is 4.81. The minimum Gasteiger partial charge on any atom is -0.478 e. The van der Waals surface area contributed by atoms with Crippen LogP contribution in [-0.4, -0.2) is 11.1 Å². The summed E-state index contributed by atoms with van der Waals surface area (Å²) in [4.78, 5) is 12.1. The Hall–Kier alpha value is -3.39. The fraction of sp³-hybridized carbons (Fsp3) is 0.0417. The molecule has 0 aliphatic heterocycles. The van der Waals surface area contributed by atoms with Crippen LogP contribution in [0.1, 0.15) is 21.5 Å². The lowest BCUT2D eigenvalue weighted by atomic mass is 9.91. The van der Waals surface area contributed by atoms with E-state index < -0.39 is 5.97 Å². The standard InChI is InChI=1S/C24H18O2/c1-16(17-7-3-2-4-8-17)15-19-12-13-21-20-10-6-5-9-18(20)11-14-22(21)23(19)24(25)26/h2-14H,1,15H2,(H,25,26). The highest BCUT2D eigenvalue weighted by Gasteiger charge is 2.16. The Morgan fingerprint density at radius 1 is 0.769 bits per heavy atom. The summed E-state index contributed by atoms with van der Waals surface area (Å²) in [7, 11) is 0. The summed E-state index contributed by atoms with van der Waals surface area (Å²) in [5.74, 6) is -0.901. The average molecular weight is 338 g/mol. The van der Waals surface area contributed by atoms with Crippen LogP contribution >= 0.6 is 0 Å². The van der Waals surface area contributed by atoms with Crippen LogP contribution in [0.25, 0.3) is 27.1 Å². The molecule has 0 aromatic heterocycles. The number of carboxylic acids is 1. The molecule has 0 unspecified atom stereocenters. The number of rotatable bonds is 4. The SMILES string of the molecule is C=C(Cc1ccc2c(ccc3ccccc32)c1C(=O)O)c1ccccc1. The van der Waals surface area contributed by atoms with Crippen molar-refractivity contribution in [2.45, 2.75) is 6.42 Å². The van der Waals surface area contributed by atoms with E-state index in [1.165, 1.54) is 0 Å². The van der Waals surface area contributed by atoms with Gasteiger partial charge < -0.3 is 5.11 Å². The van der Waals surface area contributed by atoms with E-state index in [9.17, 15) is 9.90 Å². The molecule has 1 N–H and O–H groups in total. The smallest absolute Gasteiger partial charge is 0.336 e. The highest BCUT2D eigenvalue weighted by atomic mass is 16.4. The number of allylic oxidation sites excluding steroid dienone is 1. The maximum atomic E-state index is 12.1. The summed E-state index contributed by atoms with van der Waals surface area (Å²) in [5.41, 5.74) is 3.09. The van der Waals surface area contributed by atoms with Crippen LogP contribution in [-0.2, 0) is 6.42 Å². The molecule has 4 rings (SSSR count). The first kappa shape index (κ1) is 16.1. The van der Waals surface area contributed by atoms with E-state index in [0.717, 1.165) is 38.2 Å². The molecule has 4 aromatic carbocycles. The van der Waals surface area contributed by atoms with E-state index in [0.29, 0.717) is 12.0 Å². The van der Waals surface area contributed by atoms with Crippen molar-refractivity contribution in [2.24, 2.45) is 0 Å². The fourth-order valence-electron chi connectivity index (χ4n) is 3.54. The number of carbonyl (C=O) groups is 1. The number of aromatic carboxylic acids is 1. The molecule has 0 fully saturated rings. The highest BCUT2D eigenvalue weighted by molar-refractivity contribution is 6.14. The molecule has 4 aromatic rings. The molecule has 0 atom stereocenters. The molecular formula is C24H18O2. The van der Waals surface area contributed by atoms with Crippen molar-refractivity contribution in [2.75, 3.05) is 0 Å². The van der Waals surface area contributed by atoms with Crippen molar-refractivity contribution in [3.63, 3.8) is 0 Å². The Balaban J connectivity index is 1.88. The summed E-state index contributed by atoms with van der Waals surface area (Å²) in [6.45, 7) is 4.16. The molecule has 0 aliphatic rings. The molecule has 0 saturated heterocycles. The Morgan fingerprint density at radius 3 is 2.23 bits per heavy atom. The lowest BCUT2D eigenvalue weighted by Gasteiger charge is -2.13. The zero-order chi connectivity index (χ0) is 18.1. The average Bonchev–Trinajstić information content (AvgIpc) is 2.67. The molecule has 0 heterocycles. The van der Waals surface area contributed by atoms with Crippen LogP contribution in [0.2, 0.25) is 0 Å². The number of carboxylic acid groups (broad SMARTS) is 1. The zero-order valence-corrected chi connectivity index (χ0v) is 14.3. The molecule has 0 spiro atoms. The Morgan fingerprint density at radius 2 is 1.46 bits per heavy atom. The summed E-state index contributed by atoms with van der Waals surface area (Å²) in [5, 5.41) is 13.8. The van der Waals surface area contributed by atoms with Gasteiger partial charge in [0.05, 0.1) is 5.56 Å². The Kier molecular flexibility index (Phi) is 4.02. The lowest BCUT2D eigenvalue weighted by molar-refractivity contribution is 0.0698. The number of benzene rings is 4. The highest BCUT2D eigenvalue weighted by Crippen LogP contribution is 2.31. The molecule has 0 amide bonds. The lowest BCUT2D eigenvalue weighted by Crippen LogP contribution is -2.04. The van der Waals surface area contributed by atoms with Gasteiger partial charge in [-0.3, -0.25) is 0 Å². The fourth-order valence-corrected chi connectivity index (χ4v) is 3.54. The Bertz CT molecular complexity index is 1140. The van der Waals surface area contributed by atoms with E-state index in [1.807, 2.05) is 78.9 Å². The summed E-state index contributed by atoms with van der Waals surface area (Å²) in [6.07, 6.45) is 0.508. The Labute approximate surface area is 152 Å². The molecule has 126 valence electrons. The van der Waals surface area contributed by atoms with Crippen molar-refractivity contribution in [3.05, 3.63) is 102 Å².